The zero-order valence-corrected chi connectivity index (χ0v) is 18.7. The monoisotopic (exact) mass is 506 g/mol. The van der Waals surface area contributed by atoms with Crippen molar-refractivity contribution < 1.29 is 18.0 Å². The van der Waals surface area contributed by atoms with Crippen LogP contribution in [0.25, 0.3) is 16.7 Å². The number of fused-ring (bicyclic) bond motifs is 1. The van der Waals surface area contributed by atoms with Crippen LogP contribution in [0.2, 0.25) is 0 Å². The summed E-state index contributed by atoms with van der Waals surface area (Å²) in [4.78, 5) is 19.9. The third-order valence-corrected chi connectivity index (χ3v) is 5.24. The molecule has 0 saturated heterocycles. The summed E-state index contributed by atoms with van der Waals surface area (Å²) in [5.74, 6) is -2.11. The fraction of sp³-hybridized carbons (Fsp3) is 0.0435. The second-order valence-corrected chi connectivity index (χ2v) is 7.73. The molecule has 0 atom stereocenters. The lowest BCUT2D eigenvalue weighted by Gasteiger charge is -2.07. The molecule has 0 aliphatic carbocycles. The number of para-hydroxylation sites is 1. The molecule has 1 amide bonds. The molecule has 0 spiro atoms. The molecule has 5 aromatic rings. The summed E-state index contributed by atoms with van der Waals surface area (Å²) in [6.07, 6.45) is -3.60. The van der Waals surface area contributed by atoms with E-state index in [2.05, 4.69) is 30.8 Å². The number of nitrogen functional groups attached to an aromatic ring is 1. The van der Waals surface area contributed by atoms with E-state index in [1.54, 1.807) is 40.1 Å². The number of H-pyrrole nitrogens is 1. The minimum absolute atomic E-state index is 0.0594. The molecule has 0 bridgehead atoms. The number of halogens is 3. The molecular weight excluding hydrogens is 489 g/mol. The van der Waals surface area contributed by atoms with Crippen LogP contribution in [0.15, 0.2) is 60.7 Å². The minimum atomic E-state index is -4.76. The van der Waals surface area contributed by atoms with Crippen LogP contribution in [-0.2, 0) is 6.18 Å². The summed E-state index contributed by atoms with van der Waals surface area (Å²) < 4.78 is 39.8. The number of alkyl halides is 3. The highest BCUT2D eigenvalue weighted by Gasteiger charge is 2.36. The van der Waals surface area contributed by atoms with E-state index in [9.17, 15) is 18.0 Å². The number of carbonyl (C=O) groups is 1. The molecule has 37 heavy (non-hydrogen) atoms. The largest absolute Gasteiger partial charge is 0.451 e. The Morgan fingerprint density at radius 2 is 1.89 bits per heavy atom. The first-order chi connectivity index (χ1) is 17.7. The molecule has 186 valence electrons. The molecule has 0 aliphatic heterocycles. The number of hydrogen-bond donors (Lipinski definition) is 5. The number of carbonyl (C=O) groups excluding carboxylic acids is 1. The van der Waals surface area contributed by atoms with Crippen molar-refractivity contribution in [3.63, 3.8) is 0 Å². The summed E-state index contributed by atoms with van der Waals surface area (Å²) in [7, 11) is 0. The average Bonchev–Trinajstić information content (AvgIpc) is 3.52. The number of hydrogen-bond acceptors (Lipinski definition) is 8. The Labute approximate surface area is 206 Å². The minimum Gasteiger partial charge on any atom is -0.398 e. The molecule has 14 heteroatoms. The lowest BCUT2D eigenvalue weighted by Crippen LogP contribution is -2.16. The molecular formula is C23H17F3N10O. The third-order valence-electron chi connectivity index (χ3n) is 5.24. The molecule has 11 nitrogen and oxygen atoms in total. The molecule has 2 aromatic carbocycles. The van der Waals surface area contributed by atoms with E-state index in [-0.39, 0.29) is 5.82 Å². The van der Waals surface area contributed by atoms with Gasteiger partial charge in [-0.05, 0) is 42.5 Å². The van der Waals surface area contributed by atoms with Gasteiger partial charge in [-0.15, -0.1) is 10.2 Å². The molecule has 0 saturated carbocycles. The van der Waals surface area contributed by atoms with Gasteiger partial charge in [0, 0.05) is 28.5 Å². The van der Waals surface area contributed by atoms with Gasteiger partial charge < -0.3 is 21.8 Å². The maximum Gasteiger partial charge on any atom is 0.451 e. The summed E-state index contributed by atoms with van der Waals surface area (Å²) in [5.41, 5.74) is 8.26. The van der Waals surface area contributed by atoms with Crippen LogP contribution in [0.5, 0.6) is 0 Å². The number of pyridine rings is 1. The van der Waals surface area contributed by atoms with Crippen LogP contribution in [0.4, 0.5) is 36.2 Å². The van der Waals surface area contributed by atoms with E-state index in [4.69, 9.17) is 11.1 Å². The van der Waals surface area contributed by atoms with E-state index in [0.29, 0.717) is 34.1 Å². The number of nitrogens with zero attached hydrogens (tertiary/aromatic N) is 5. The van der Waals surface area contributed by atoms with Crippen molar-refractivity contribution in [2.45, 2.75) is 6.18 Å². The number of aromatic amines is 1. The number of rotatable bonds is 6. The highest BCUT2D eigenvalue weighted by atomic mass is 19.4. The number of benzene rings is 2. The number of aromatic nitrogens is 6. The van der Waals surface area contributed by atoms with Gasteiger partial charge in [-0.3, -0.25) is 9.89 Å². The van der Waals surface area contributed by atoms with E-state index >= 15 is 0 Å². The van der Waals surface area contributed by atoms with Crippen molar-refractivity contribution in [3.05, 3.63) is 77.9 Å². The van der Waals surface area contributed by atoms with Gasteiger partial charge in [-0.1, -0.05) is 18.2 Å². The van der Waals surface area contributed by atoms with Crippen molar-refractivity contribution in [1.82, 2.24) is 29.9 Å². The lowest BCUT2D eigenvalue weighted by molar-refractivity contribution is -0.144. The predicted octanol–water partition coefficient (Wildman–Crippen LogP) is 4.13. The molecule has 5 rings (SSSR count). The van der Waals surface area contributed by atoms with E-state index < -0.39 is 23.7 Å². The van der Waals surface area contributed by atoms with Crippen LogP contribution in [0, 0.1) is 5.41 Å². The van der Waals surface area contributed by atoms with Crippen LogP contribution >= 0.6 is 0 Å². The molecule has 3 heterocycles. The molecule has 0 fully saturated rings. The summed E-state index contributed by atoms with van der Waals surface area (Å²) in [5, 5.41) is 23.5. The molecule has 0 unspecified atom stereocenters. The van der Waals surface area contributed by atoms with Gasteiger partial charge in [0.15, 0.2) is 11.6 Å². The average molecular weight is 506 g/mol. The highest BCUT2D eigenvalue weighted by molar-refractivity contribution is 6.01. The summed E-state index contributed by atoms with van der Waals surface area (Å²) in [6.45, 7) is 0. The van der Waals surface area contributed by atoms with Gasteiger partial charge in [-0.2, -0.15) is 18.2 Å². The van der Waals surface area contributed by atoms with Gasteiger partial charge in [0.2, 0.25) is 11.6 Å². The van der Waals surface area contributed by atoms with Crippen LogP contribution in [0.3, 0.4) is 0 Å². The molecule has 0 radical (unpaired) electrons. The Balaban J connectivity index is 1.45. The van der Waals surface area contributed by atoms with Crippen LogP contribution in [-0.4, -0.2) is 42.1 Å². The van der Waals surface area contributed by atoms with Gasteiger partial charge in [-0.25, -0.2) is 9.67 Å². The maximum absolute atomic E-state index is 12.7. The van der Waals surface area contributed by atoms with Crippen molar-refractivity contribution in [2.24, 2.45) is 0 Å². The van der Waals surface area contributed by atoms with Crippen LogP contribution in [0.1, 0.15) is 22.0 Å². The van der Waals surface area contributed by atoms with Gasteiger partial charge in [0.25, 0.3) is 5.91 Å². The number of anilines is 4. The first-order valence-electron chi connectivity index (χ1n) is 10.7. The van der Waals surface area contributed by atoms with Gasteiger partial charge >= 0.3 is 6.18 Å². The highest BCUT2D eigenvalue weighted by Crippen LogP contribution is 2.29. The van der Waals surface area contributed by atoms with Crippen LogP contribution < -0.4 is 16.4 Å². The van der Waals surface area contributed by atoms with E-state index in [0.717, 1.165) is 11.6 Å². The second kappa shape index (κ2) is 9.07. The first-order valence-corrected chi connectivity index (χ1v) is 10.7. The zero-order valence-electron chi connectivity index (χ0n) is 18.7. The van der Waals surface area contributed by atoms with Gasteiger partial charge in [0.1, 0.15) is 5.82 Å². The predicted molar refractivity (Wildman–Crippen MR) is 130 cm³/mol. The SMILES string of the molecule is N=Cc1cc(Nc2nn(-c3cccc(NC(=O)c4n[nH]c(C(F)(F)F)n4)n3)c3ccccc23)ccc1N. The normalized spacial score (nSPS) is 11.4. The maximum atomic E-state index is 12.7. The fourth-order valence-electron chi connectivity index (χ4n) is 3.52. The second-order valence-electron chi connectivity index (χ2n) is 7.73. The molecule has 6 N–H and O–H groups in total. The quantitative estimate of drug-likeness (QED) is 0.171. The Kier molecular flexibility index (Phi) is 5.75. The van der Waals surface area contributed by atoms with Gasteiger partial charge in [0.05, 0.1) is 5.52 Å². The molecule has 0 aliphatic rings. The Morgan fingerprint density at radius 1 is 1.08 bits per heavy atom. The summed E-state index contributed by atoms with van der Waals surface area (Å²) in [6, 6.07) is 17.3. The van der Waals surface area contributed by atoms with Crippen molar-refractivity contribution in [2.75, 3.05) is 16.4 Å². The lowest BCUT2D eigenvalue weighted by atomic mass is 10.1. The smallest absolute Gasteiger partial charge is 0.398 e. The van der Waals surface area contributed by atoms with E-state index in [1.807, 2.05) is 24.3 Å². The topological polar surface area (TPSA) is 163 Å². The number of nitrogens with two attached hydrogens (primary N) is 1. The Morgan fingerprint density at radius 3 is 2.65 bits per heavy atom. The standard InChI is InChI=1S/C23H17F3N10O/c24-23(25,26)22-32-20(33-34-22)21(37)31-17-6-3-7-18(30-17)36-16-5-2-1-4-14(16)19(35-36)29-13-8-9-15(28)12(10-13)11-27/h1-11,27H,28H2,(H,29,35)(H,30,31,37)(H,32,33,34). The number of amides is 1. The van der Waals surface area contributed by atoms with Crippen molar-refractivity contribution >= 4 is 46.0 Å². The Bertz CT molecular complexity index is 1640. The Hall–Kier alpha value is -5.27. The van der Waals surface area contributed by atoms with Crippen molar-refractivity contribution in [1.29, 1.82) is 5.41 Å². The first kappa shape index (κ1) is 23.5. The zero-order chi connectivity index (χ0) is 26.2. The number of nitrogens with one attached hydrogen (secondary N) is 4. The van der Waals surface area contributed by atoms with Crippen molar-refractivity contribution in [3.8, 4) is 5.82 Å². The fourth-order valence-corrected chi connectivity index (χ4v) is 3.52. The third kappa shape index (κ3) is 4.67. The molecule has 3 aromatic heterocycles. The summed E-state index contributed by atoms with van der Waals surface area (Å²) >= 11 is 0. The van der Waals surface area contributed by atoms with E-state index in [1.165, 1.54) is 6.07 Å².